The van der Waals surface area contributed by atoms with Crippen LogP contribution in [-0.4, -0.2) is 39.3 Å². The van der Waals surface area contributed by atoms with Crippen molar-refractivity contribution in [3.05, 3.63) is 0 Å². The predicted molar refractivity (Wildman–Crippen MR) is 68.6 cm³/mol. The molecule has 3 N–H and O–H groups in total. The Morgan fingerprint density at radius 2 is 1.81 bits per heavy atom. The molecule has 2 rings (SSSR count). The van der Waals surface area contributed by atoms with Gasteiger partial charge in [0, 0.05) is 6.04 Å². The first kappa shape index (κ1) is 12.3. The molecule has 0 spiro atoms. The van der Waals surface area contributed by atoms with Crippen molar-refractivity contribution >= 4 is 0 Å². The molecule has 16 heavy (non-hydrogen) atoms. The summed E-state index contributed by atoms with van der Waals surface area (Å²) in [6, 6.07) is 0.694. The van der Waals surface area contributed by atoms with Crippen LogP contribution in [0.3, 0.4) is 0 Å². The smallest absolute Gasteiger partial charge is 0.0134 e. The Morgan fingerprint density at radius 3 is 2.38 bits per heavy atom. The first-order valence-electron chi connectivity index (χ1n) is 6.91. The minimum Gasteiger partial charge on any atom is -0.316 e. The van der Waals surface area contributed by atoms with Gasteiger partial charge in [-0.25, -0.2) is 0 Å². The van der Waals surface area contributed by atoms with E-state index in [0.717, 1.165) is 17.8 Å². The fourth-order valence-corrected chi connectivity index (χ4v) is 3.53. The lowest BCUT2D eigenvalue weighted by molar-refractivity contribution is 0.191. The van der Waals surface area contributed by atoms with Crippen molar-refractivity contribution in [1.82, 2.24) is 16.0 Å². The van der Waals surface area contributed by atoms with Crippen molar-refractivity contribution in [2.75, 3.05) is 33.2 Å². The fraction of sp³-hybridized carbons (Fsp3) is 1.00. The van der Waals surface area contributed by atoms with Crippen molar-refractivity contribution in [2.24, 2.45) is 17.8 Å². The van der Waals surface area contributed by atoms with Crippen molar-refractivity contribution in [3.8, 4) is 0 Å². The SMILES string of the molecule is CNC(C1CCNC1)C(C)C1CCCNC1. The summed E-state index contributed by atoms with van der Waals surface area (Å²) in [6.45, 7) is 7.30. The van der Waals surface area contributed by atoms with E-state index in [1.807, 2.05) is 0 Å². The maximum Gasteiger partial charge on any atom is 0.0134 e. The Kier molecular flexibility index (Phi) is 4.62. The van der Waals surface area contributed by atoms with Gasteiger partial charge < -0.3 is 16.0 Å². The number of piperidine rings is 1. The van der Waals surface area contributed by atoms with E-state index in [-0.39, 0.29) is 0 Å². The first-order valence-corrected chi connectivity index (χ1v) is 6.91. The summed E-state index contributed by atoms with van der Waals surface area (Å²) in [4.78, 5) is 0. The normalized spacial score (nSPS) is 34.9. The third-order valence-electron chi connectivity index (χ3n) is 4.58. The molecule has 3 nitrogen and oxygen atoms in total. The summed E-state index contributed by atoms with van der Waals surface area (Å²) < 4.78 is 0. The molecule has 2 fully saturated rings. The van der Waals surface area contributed by atoms with E-state index in [0.29, 0.717) is 6.04 Å². The highest BCUT2D eigenvalue weighted by Crippen LogP contribution is 2.28. The second kappa shape index (κ2) is 5.99. The van der Waals surface area contributed by atoms with Gasteiger partial charge in [-0.05, 0) is 70.2 Å². The standard InChI is InChI=1S/C13H27N3/c1-10(11-4-3-6-15-8-11)13(14-2)12-5-7-16-9-12/h10-16H,3-9H2,1-2H3. The molecule has 94 valence electrons. The Morgan fingerprint density at radius 1 is 1.06 bits per heavy atom. The monoisotopic (exact) mass is 225 g/mol. The third-order valence-corrected chi connectivity index (χ3v) is 4.58. The van der Waals surface area contributed by atoms with Crippen LogP contribution in [0, 0.1) is 17.8 Å². The minimum atomic E-state index is 0.694. The molecule has 0 amide bonds. The molecule has 0 radical (unpaired) electrons. The highest BCUT2D eigenvalue weighted by atomic mass is 15.0. The first-order chi connectivity index (χ1) is 7.83. The van der Waals surface area contributed by atoms with Crippen LogP contribution in [-0.2, 0) is 0 Å². The van der Waals surface area contributed by atoms with Crippen LogP contribution in [0.15, 0.2) is 0 Å². The molecule has 0 bridgehead atoms. The molecule has 0 saturated carbocycles. The fourth-order valence-electron chi connectivity index (χ4n) is 3.53. The zero-order valence-electron chi connectivity index (χ0n) is 10.8. The lowest BCUT2D eigenvalue weighted by atomic mass is 9.78. The van der Waals surface area contributed by atoms with Crippen LogP contribution in [0.5, 0.6) is 0 Å². The second-order valence-corrected chi connectivity index (χ2v) is 5.53. The molecule has 4 atom stereocenters. The van der Waals surface area contributed by atoms with Gasteiger partial charge in [-0.2, -0.15) is 0 Å². The van der Waals surface area contributed by atoms with Crippen molar-refractivity contribution < 1.29 is 0 Å². The van der Waals surface area contributed by atoms with Crippen molar-refractivity contribution in [1.29, 1.82) is 0 Å². The van der Waals surface area contributed by atoms with Crippen molar-refractivity contribution in [3.63, 3.8) is 0 Å². The molecular formula is C13H27N3. The summed E-state index contributed by atoms with van der Waals surface area (Å²) in [7, 11) is 2.13. The molecular weight excluding hydrogens is 198 g/mol. The summed E-state index contributed by atoms with van der Waals surface area (Å²) in [6.07, 6.45) is 4.11. The largest absolute Gasteiger partial charge is 0.316 e. The average Bonchev–Trinajstić information content (AvgIpc) is 2.85. The topological polar surface area (TPSA) is 36.1 Å². The van der Waals surface area contributed by atoms with Crippen molar-refractivity contribution in [2.45, 2.75) is 32.2 Å². The van der Waals surface area contributed by atoms with E-state index in [9.17, 15) is 0 Å². The van der Waals surface area contributed by atoms with Crippen LogP contribution in [0.2, 0.25) is 0 Å². The summed E-state index contributed by atoms with van der Waals surface area (Å²) in [5.74, 6) is 2.50. The highest BCUT2D eigenvalue weighted by Gasteiger charge is 2.32. The molecule has 0 aromatic carbocycles. The van der Waals surface area contributed by atoms with Gasteiger partial charge in [-0.15, -0.1) is 0 Å². The van der Waals surface area contributed by atoms with Crippen LogP contribution in [0.4, 0.5) is 0 Å². The lowest BCUT2D eigenvalue weighted by Crippen LogP contribution is -2.46. The molecule has 4 unspecified atom stereocenters. The van der Waals surface area contributed by atoms with E-state index >= 15 is 0 Å². The van der Waals surface area contributed by atoms with Crippen LogP contribution in [0.25, 0.3) is 0 Å². The lowest BCUT2D eigenvalue weighted by Gasteiger charge is -2.36. The van der Waals surface area contributed by atoms with E-state index in [4.69, 9.17) is 0 Å². The zero-order chi connectivity index (χ0) is 11.4. The highest BCUT2D eigenvalue weighted by molar-refractivity contribution is 4.89. The number of rotatable bonds is 4. The molecule has 0 aliphatic carbocycles. The molecule has 3 heteroatoms. The summed E-state index contributed by atoms with van der Waals surface area (Å²) in [5, 5.41) is 10.6. The summed E-state index contributed by atoms with van der Waals surface area (Å²) in [5.41, 5.74) is 0. The Hall–Kier alpha value is -0.120. The van der Waals surface area contributed by atoms with Gasteiger partial charge in [0.2, 0.25) is 0 Å². The zero-order valence-corrected chi connectivity index (χ0v) is 10.8. The Labute approximate surface area is 99.8 Å². The van der Waals surface area contributed by atoms with Crippen LogP contribution >= 0.6 is 0 Å². The number of hydrogen-bond acceptors (Lipinski definition) is 3. The van der Waals surface area contributed by atoms with Gasteiger partial charge in [0.05, 0.1) is 0 Å². The number of hydrogen-bond donors (Lipinski definition) is 3. The molecule has 0 aromatic heterocycles. The van der Waals surface area contributed by atoms with Gasteiger partial charge in [0.25, 0.3) is 0 Å². The van der Waals surface area contributed by atoms with E-state index in [2.05, 4.69) is 29.9 Å². The molecule has 2 aliphatic rings. The Balaban J connectivity index is 1.90. The maximum atomic E-state index is 3.57. The molecule has 2 aliphatic heterocycles. The molecule has 2 heterocycles. The second-order valence-electron chi connectivity index (χ2n) is 5.53. The maximum absolute atomic E-state index is 3.57. The van der Waals surface area contributed by atoms with E-state index in [1.54, 1.807) is 0 Å². The average molecular weight is 225 g/mol. The van der Waals surface area contributed by atoms with E-state index < -0.39 is 0 Å². The van der Waals surface area contributed by atoms with E-state index in [1.165, 1.54) is 45.4 Å². The van der Waals surface area contributed by atoms with Gasteiger partial charge in [0.1, 0.15) is 0 Å². The van der Waals surface area contributed by atoms with Gasteiger partial charge in [0.15, 0.2) is 0 Å². The van der Waals surface area contributed by atoms with Crippen LogP contribution in [0.1, 0.15) is 26.2 Å². The van der Waals surface area contributed by atoms with Crippen LogP contribution < -0.4 is 16.0 Å². The van der Waals surface area contributed by atoms with Gasteiger partial charge in [-0.1, -0.05) is 6.92 Å². The predicted octanol–water partition coefficient (Wildman–Crippen LogP) is 0.820. The van der Waals surface area contributed by atoms with Gasteiger partial charge >= 0.3 is 0 Å². The summed E-state index contributed by atoms with van der Waals surface area (Å²) >= 11 is 0. The van der Waals surface area contributed by atoms with Gasteiger partial charge in [-0.3, -0.25) is 0 Å². The quantitative estimate of drug-likeness (QED) is 0.663. The number of nitrogens with one attached hydrogen (secondary N) is 3. The Bertz CT molecular complexity index is 195. The molecule has 2 saturated heterocycles. The minimum absolute atomic E-state index is 0.694. The molecule has 0 aromatic rings. The third kappa shape index (κ3) is 2.76.